The van der Waals surface area contributed by atoms with Crippen LogP contribution in [0, 0.1) is 0 Å². The van der Waals surface area contributed by atoms with Crippen LogP contribution in [0.5, 0.6) is 0 Å². The lowest BCUT2D eigenvalue weighted by atomic mass is 10.2. The van der Waals surface area contributed by atoms with E-state index in [1.165, 1.54) is 17.8 Å². The van der Waals surface area contributed by atoms with Gasteiger partial charge in [0.15, 0.2) is 9.84 Å². The third-order valence-corrected chi connectivity index (χ3v) is 4.42. The van der Waals surface area contributed by atoms with Crippen molar-refractivity contribution in [2.45, 2.75) is 5.75 Å². The third-order valence-electron chi connectivity index (χ3n) is 2.97. The van der Waals surface area contributed by atoms with Crippen LogP contribution in [0.15, 0.2) is 48.2 Å². The molecule has 0 aliphatic rings. The molecule has 0 fully saturated rings. The normalized spacial score (nSPS) is 11.7. The Kier molecular flexibility index (Phi) is 3.60. The summed E-state index contributed by atoms with van der Waals surface area (Å²) in [7, 11) is -3.01. The minimum absolute atomic E-state index is 0.0541. The molecule has 0 radical (unpaired) electrons. The van der Waals surface area contributed by atoms with Gasteiger partial charge in [0.25, 0.3) is 0 Å². The average Bonchev–Trinajstić information content (AvgIpc) is 3.08. The van der Waals surface area contributed by atoms with Gasteiger partial charge in [-0.2, -0.15) is 0 Å². The largest absolute Gasteiger partial charge is 0.300 e. The Morgan fingerprint density at radius 3 is 2.62 bits per heavy atom. The van der Waals surface area contributed by atoms with Crippen LogP contribution in [-0.2, 0) is 15.6 Å². The van der Waals surface area contributed by atoms with Gasteiger partial charge < -0.3 is 0 Å². The zero-order valence-corrected chi connectivity index (χ0v) is 12.9. The molecule has 2 heterocycles. The van der Waals surface area contributed by atoms with Crippen LogP contribution in [0.4, 0.5) is 0 Å². The van der Waals surface area contributed by atoms with Crippen LogP contribution >= 0.6 is 11.5 Å². The number of sulfone groups is 1. The highest BCUT2D eigenvalue weighted by molar-refractivity contribution is 7.89. The summed E-state index contributed by atoms with van der Waals surface area (Å²) in [6, 6.07) is 7.44. The second-order valence-corrected chi connectivity index (χ2v) is 7.57. The first kappa shape index (κ1) is 14.0. The zero-order chi connectivity index (χ0) is 14.9. The summed E-state index contributed by atoms with van der Waals surface area (Å²) < 4.78 is 28.6. The number of rotatable bonds is 4. The molecule has 0 spiro atoms. The summed E-state index contributed by atoms with van der Waals surface area (Å²) in [5.74, 6) is 0.873. The van der Waals surface area contributed by atoms with Crippen LogP contribution in [0.2, 0.25) is 0 Å². The van der Waals surface area contributed by atoms with Crippen LogP contribution in [0.25, 0.3) is 17.1 Å². The highest BCUT2D eigenvalue weighted by Crippen LogP contribution is 2.22. The number of nitrogens with zero attached hydrogens (tertiary/aromatic N) is 3. The molecule has 0 unspecified atom stereocenters. The Morgan fingerprint density at radius 1 is 1.24 bits per heavy atom. The molecule has 0 bridgehead atoms. The smallest absolute Gasteiger partial charge is 0.151 e. The van der Waals surface area contributed by atoms with Gasteiger partial charge in [-0.3, -0.25) is 4.57 Å². The van der Waals surface area contributed by atoms with Gasteiger partial charge in [0.1, 0.15) is 5.82 Å². The fraction of sp³-hybridized carbons (Fsp3) is 0.143. The van der Waals surface area contributed by atoms with Crippen molar-refractivity contribution >= 4 is 21.4 Å². The molecule has 3 rings (SSSR count). The van der Waals surface area contributed by atoms with E-state index in [0.717, 1.165) is 22.6 Å². The monoisotopic (exact) mass is 319 g/mol. The molecule has 0 atom stereocenters. The van der Waals surface area contributed by atoms with Gasteiger partial charge in [-0.1, -0.05) is 12.1 Å². The molecule has 5 nitrogen and oxygen atoms in total. The predicted molar refractivity (Wildman–Crippen MR) is 83.2 cm³/mol. The lowest BCUT2D eigenvalue weighted by Crippen LogP contribution is -2.01. The van der Waals surface area contributed by atoms with Gasteiger partial charge in [-0.15, -0.1) is 0 Å². The highest BCUT2D eigenvalue weighted by atomic mass is 32.2. The SMILES string of the molecule is CS(=O)(=O)Cc1ccc(-n2ccnc2-c2cnsc2)cc1. The molecule has 0 saturated carbocycles. The molecule has 0 saturated heterocycles. The summed E-state index contributed by atoms with van der Waals surface area (Å²) in [6.07, 6.45) is 6.62. The summed E-state index contributed by atoms with van der Waals surface area (Å²) in [5.41, 5.74) is 2.68. The molecule has 0 N–H and O–H groups in total. The molecule has 21 heavy (non-hydrogen) atoms. The van der Waals surface area contributed by atoms with Crippen molar-refractivity contribution in [2.75, 3.05) is 6.26 Å². The molecular formula is C14H13N3O2S2. The topological polar surface area (TPSA) is 64.8 Å². The molecular weight excluding hydrogens is 306 g/mol. The Hall–Kier alpha value is -1.99. The average molecular weight is 319 g/mol. The molecule has 108 valence electrons. The minimum atomic E-state index is -3.01. The van der Waals surface area contributed by atoms with E-state index in [0.29, 0.717) is 0 Å². The Labute approximate surface area is 127 Å². The van der Waals surface area contributed by atoms with Gasteiger partial charge in [0.05, 0.1) is 11.9 Å². The lowest BCUT2D eigenvalue weighted by molar-refractivity contribution is 0.601. The molecule has 1 aromatic carbocycles. The van der Waals surface area contributed by atoms with Crippen LogP contribution < -0.4 is 0 Å². The van der Waals surface area contributed by atoms with Gasteiger partial charge in [-0.05, 0) is 29.2 Å². The quantitative estimate of drug-likeness (QED) is 0.741. The molecule has 7 heteroatoms. The molecule has 3 aromatic rings. The first-order chi connectivity index (χ1) is 10.0. The standard InChI is InChI=1S/C14H13N3O2S2/c1-21(18,19)10-11-2-4-13(5-3-11)17-7-6-15-14(17)12-8-16-20-9-12/h2-9H,10H2,1H3. The van der Waals surface area contributed by atoms with Crippen molar-refractivity contribution in [1.29, 1.82) is 0 Å². The van der Waals surface area contributed by atoms with Crippen LogP contribution in [0.1, 0.15) is 5.56 Å². The van der Waals surface area contributed by atoms with Gasteiger partial charge in [-0.25, -0.2) is 17.8 Å². The van der Waals surface area contributed by atoms with Gasteiger partial charge >= 0.3 is 0 Å². The number of aromatic nitrogens is 3. The number of benzene rings is 1. The number of hydrogen-bond acceptors (Lipinski definition) is 5. The second-order valence-electron chi connectivity index (χ2n) is 4.77. The van der Waals surface area contributed by atoms with Crippen molar-refractivity contribution in [2.24, 2.45) is 0 Å². The minimum Gasteiger partial charge on any atom is -0.300 e. The van der Waals surface area contributed by atoms with E-state index in [1.807, 2.05) is 40.4 Å². The summed E-state index contributed by atoms with van der Waals surface area (Å²) in [4.78, 5) is 4.35. The Morgan fingerprint density at radius 2 is 2.00 bits per heavy atom. The van der Waals surface area contributed by atoms with Gasteiger partial charge in [0, 0.05) is 35.3 Å². The maximum Gasteiger partial charge on any atom is 0.151 e. The molecule has 0 aliphatic heterocycles. The van der Waals surface area contributed by atoms with Crippen molar-refractivity contribution < 1.29 is 8.42 Å². The summed E-state index contributed by atoms with van der Waals surface area (Å²) in [6.45, 7) is 0. The van der Waals surface area contributed by atoms with E-state index >= 15 is 0 Å². The Bertz CT molecular complexity index is 835. The lowest BCUT2D eigenvalue weighted by Gasteiger charge is -2.07. The number of hydrogen-bond donors (Lipinski definition) is 0. The van der Waals surface area contributed by atoms with Crippen LogP contribution in [0.3, 0.4) is 0 Å². The summed E-state index contributed by atoms with van der Waals surface area (Å²) >= 11 is 1.38. The van der Waals surface area contributed by atoms with Crippen molar-refractivity contribution in [3.8, 4) is 17.1 Å². The molecule has 0 amide bonds. The maximum absolute atomic E-state index is 11.3. The fourth-order valence-corrected chi connectivity index (χ4v) is 3.41. The van der Waals surface area contributed by atoms with E-state index in [4.69, 9.17) is 0 Å². The van der Waals surface area contributed by atoms with Crippen molar-refractivity contribution in [1.82, 2.24) is 13.9 Å². The van der Waals surface area contributed by atoms with Crippen molar-refractivity contribution in [3.05, 3.63) is 53.8 Å². The number of imidazole rings is 1. The summed E-state index contributed by atoms with van der Waals surface area (Å²) in [5, 5.41) is 1.94. The van der Waals surface area contributed by atoms with Crippen molar-refractivity contribution in [3.63, 3.8) is 0 Å². The zero-order valence-electron chi connectivity index (χ0n) is 11.3. The molecule has 0 aliphatic carbocycles. The fourth-order valence-electron chi connectivity index (χ4n) is 2.10. The van der Waals surface area contributed by atoms with Crippen LogP contribution in [-0.4, -0.2) is 28.6 Å². The second kappa shape index (κ2) is 5.42. The third kappa shape index (κ3) is 3.20. The maximum atomic E-state index is 11.3. The van der Waals surface area contributed by atoms with Gasteiger partial charge in [0.2, 0.25) is 0 Å². The highest BCUT2D eigenvalue weighted by Gasteiger charge is 2.09. The first-order valence-electron chi connectivity index (χ1n) is 6.23. The van der Waals surface area contributed by atoms with E-state index < -0.39 is 9.84 Å². The first-order valence-corrected chi connectivity index (χ1v) is 9.13. The van der Waals surface area contributed by atoms with E-state index in [1.54, 1.807) is 12.4 Å². The predicted octanol–water partition coefficient (Wildman–Crippen LogP) is 2.54. The van der Waals surface area contributed by atoms with E-state index in [-0.39, 0.29) is 5.75 Å². The molecule has 2 aromatic heterocycles. The Balaban J connectivity index is 1.94. The van der Waals surface area contributed by atoms with E-state index in [2.05, 4.69) is 9.36 Å². The van der Waals surface area contributed by atoms with E-state index in [9.17, 15) is 8.42 Å².